The van der Waals surface area contributed by atoms with Crippen molar-refractivity contribution >= 4 is 29.4 Å². The third kappa shape index (κ3) is 4.41. The first-order valence-corrected chi connectivity index (χ1v) is 9.43. The summed E-state index contributed by atoms with van der Waals surface area (Å²) in [6.45, 7) is 6.31. The first-order chi connectivity index (χ1) is 13.3. The van der Waals surface area contributed by atoms with Crippen LogP contribution < -0.4 is 14.9 Å². The lowest BCUT2D eigenvalue weighted by molar-refractivity contribution is 0.0518. The molecule has 0 saturated heterocycles. The van der Waals surface area contributed by atoms with Crippen LogP contribution in [-0.2, 0) is 4.74 Å². The van der Waals surface area contributed by atoms with Crippen LogP contribution in [0, 0.1) is 0 Å². The van der Waals surface area contributed by atoms with Crippen molar-refractivity contribution in [2.45, 2.75) is 39.2 Å². The summed E-state index contributed by atoms with van der Waals surface area (Å²) < 4.78 is 16.8. The molecule has 0 bridgehead atoms. The highest BCUT2D eigenvalue weighted by Gasteiger charge is 2.28. The molecule has 0 amide bonds. The number of benzene rings is 2. The predicted molar refractivity (Wildman–Crippen MR) is 113 cm³/mol. The van der Waals surface area contributed by atoms with Gasteiger partial charge in [0.15, 0.2) is 6.79 Å². The largest absolute Gasteiger partial charge is 0.492 e. The van der Waals surface area contributed by atoms with E-state index in [-0.39, 0.29) is 12.4 Å². The van der Waals surface area contributed by atoms with E-state index in [1.54, 1.807) is 6.07 Å². The van der Waals surface area contributed by atoms with Crippen molar-refractivity contribution in [1.82, 2.24) is 0 Å². The highest BCUT2D eigenvalue weighted by molar-refractivity contribution is 6.60. The van der Waals surface area contributed by atoms with Gasteiger partial charge in [-0.25, -0.2) is 0 Å². The molecule has 1 aliphatic heterocycles. The average molecular weight is 382 g/mol. The fourth-order valence-corrected chi connectivity index (χ4v) is 3.41. The second-order valence-electron chi connectivity index (χ2n) is 7.58. The van der Waals surface area contributed by atoms with E-state index in [9.17, 15) is 10.0 Å². The number of fused-ring (bicyclic) bond motifs is 3. The maximum absolute atomic E-state index is 9.68. The molecule has 0 aliphatic carbocycles. The van der Waals surface area contributed by atoms with Crippen LogP contribution in [0.4, 0.5) is 0 Å². The zero-order valence-electron chi connectivity index (χ0n) is 16.9. The number of hydrogen-bond donors (Lipinski definition) is 2. The Kier molecular flexibility index (Phi) is 6.13. The Morgan fingerprint density at radius 2 is 2.04 bits per heavy atom. The minimum Gasteiger partial charge on any atom is -0.483 e. The van der Waals surface area contributed by atoms with E-state index in [0.717, 1.165) is 34.9 Å². The molecule has 1 heterocycles. The smallest absolute Gasteiger partial charge is 0.483 e. The fourth-order valence-electron chi connectivity index (χ4n) is 3.41. The zero-order valence-corrected chi connectivity index (χ0v) is 16.9. The standard InChI is InChI=1S/C22H27BO5/c1-15(2)6-5-10-22(3)11-9-17-18-13-21(27-14-26-4)19(23(24)25)12-16(18)7-8-20(17)28-22/h6-9,11-13,24-25H,5,10,14H2,1-4H3/t22-/m1/s1. The zero-order chi connectivity index (χ0) is 20.3. The monoisotopic (exact) mass is 382 g/mol. The number of methoxy groups -OCH3 is 1. The van der Waals surface area contributed by atoms with Crippen LogP contribution >= 0.6 is 0 Å². The molecule has 1 atom stereocenters. The van der Waals surface area contributed by atoms with Gasteiger partial charge in [0.05, 0.1) is 0 Å². The number of ether oxygens (including phenoxy) is 3. The highest BCUT2D eigenvalue weighted by Crippen LogP contribution is 2.38. The first kappa shape index (κ1) is 20.5. The van der Waals surface area contributed by atoms with Crippen molar-refractivity contribution in [2.24, 2.45) is 0 Å². The minimum atomic E-state index is -1.63. The molecule has 5 nitrogen and oxygen atoms in total. The Balaban J connectivity index is 1.98. The maximum atomic E-state index is 9.68. The third-order valence-corrected chi connectivity index (χ3v) is 4.90. The van der Waals surface area contributed by atoms with Crippen molar-refractivity contribution in [3.05, 3.63) is 47.6 Å². The van der Waals surface area contributed by atoms with Crippen LogP contribution in [0.3, 0.4) is 0 Å². The quantitative estimate of drug-likeness (QED) is 0.436. The molecule has 0 unspecified atom stereocenters. The molecule has 2 aromatic carbocycles. The van der Waals surface area contributed by atoms with Gasteiger partial charge in [0.2, 0.25) is 0 Å². The molecule has 2 N–H and O–H groups in total. The van der Waals surface area contributed by atoms with Gasteiger partial charge in [0.25, 0.3) is 0 Å². The Morgan fingerprint density at radius 3 is 2.71 bits per heavy atom. The summed E-state index contributed by atoms with van der Waals surface area (Å²) in [7, 11) is -0.109. The van der Waals surface area contributed by atoms with E-state index in [4.69, 9.17) is 14.2 Å². The minimum absolute atomic E-state index is 0.0228. The molecule has 148 valence electrons. The van der Waals surface area contributed by atoms with Gasteiger partial charge in [-0.05, 0) is 62.6 Å². The van der Waals surface area contributed by atoms with Crippen LogP contribution in [0.5, 0.6) is 11.5 Å². The van der Waals surface area contributed by atoms with E-state index in [1.165, 1.54) is 12.7 Å². The van der Waals surface area contributed by atoms with Crippen molar-refractivity contribution in [3.8, 4) is 11.5 Å². The SMILES string of the molecule is COCOc1cc2c3c(ccc2cc1B(O)O)O[C@](C)(CCC=C(C)C)C=C3. The molecule has 0 radical (unpaired) electrons. The molecule has 3 rings (SSSR count). The topological polar surface area (TPSA) is 68.2 Å². The Bertz CT molecular complexity index is 915. The van der Waals surface area contributed by atoms with Crippen molar-refractivity contribution in [1.29, 1.82) is 0 Å². The summed E-state index contributed by atoms with van der Waals surface area (Å²) in [5, 5.41) is 21.2. The molecule has 28 heavy (non-hydrogen) atoms. The van der Waals surface area contributed by atoms with Gasteiger partial charge >= 0.3 is 7.12 Å². The molecule has 0 aromatic heterocycles. The summed E-state index contributed by atoms with van der Waals surface area (Å²) in [4.78, 5) is 0. The molecule has 2 aromatic rings. The second kappa shape index (κ2) is 8.39. The lowest BCUT2D eigenvalue weighted by atomic mass is 9.78. The molecule has 0 saturated carbocycles. The number of allylic oxidation sites excluding steroid dienone is 2. The molecule has 0 spiro atoms. The number of rotatable bonds is 7. The Morgan fingerprint density at radius 1 is 1.25 bits per heavy atom. The second-order valence-corrected chi connectivity index (χ2v) is 7.58. The normalized spacial score (nSPS) is 17.8. The molecular weight excluding hydrogens is 355 g/mol. The van der Waals surface area contributed by atoms with Crippen molar-refractivity contribution in [2.75, 3.05) is 13.9 Å². The molecule has 1 aliphatic rings. The van der Waals surface area contributed by atoms with Gasteiger partial charge in [-0.2, -0.15) is 0 Å². The average Bonchev–Trinajstić information content (AvgIpc) is 2.64. The summed E-state index contributed by atoms with van der Waals surface area (Å²) in [6.07, 6.45) is 8.25. The van der Waals surface area contributed by atoms with Crippen molar-refractivity contribution < 1.29 is 24.3 Å². The Hall–Kier alpha value is -2.28. The molecule has 0 fully saturated rings. The lowest BCUT2D eigenvalue weighted by Crippen LogP contribution is -2.32. The summed E-state index contributed by atoms with van der Waals surface area (Å²) in [6, 6.07) is 7.39. The Labute approximate surface area is 166 Å². The summed E-state index contributed by atoms with van der Waals surface area (Å²) in [5.41, 5.74) is 2.21. The maximum Gasteiger partial charge on any atom is 0.492 e. The first-order valence-electron chi connectivity index (χ1n) is 9.43. The van der Waals surface area contributed by atoms with Gasteiger partial charge in [-0.3, -0.25) is 0 Å². The van der Waals surface area contributed by atoms with Gasteiger partial charge in [0.1, 0.15) is 17.1 Å². The van der Waals surface area contributed by atoms with E-state index >= 15 is 0 Å². The summed E-state index contributed by atoms with van der Waals surface area (Å²) in [5.74, 6) is 1.19. The third-order valence-electron chi connectivity index (χ3n) is 4.90. The van der Waals surface area contributed by atoms with Crippen LogP contribution in [0.25, 0.3) is 16.8 Å². The van der Waals surface area contributed by atoms with Crippen molar-refractivity contribution in [3.63, 3.8) is 0 Å². The fraction of sp³-hybridized carbons (Fsp3) is 0.364. The van der Waals surface area contributed by atoms with E-state index in [2.05, 4.69) is 39.0 Å². The molecular formula is C22H27BO5. The molecule has 6 heteroatoms. The van der Waals surface area contributed by atoms with E-state index < -0.39 is 7.12 Å². The lowest BCUT2D eigenvalue weighted by Gasteiger charge is -2.32. The van der Waals surface area contributed by atoms with Gasteiger partial charge in [-0.15, -0.1) is 0 Å². The summed E-state index contributed by atoms with van der Waals surface area (Å²) >= 11 is 0. The van der Waals surface area contributed by atoms with Crippen LogP contribution in [0.15, 0.2) is 42.0 Å². The van der Waals surface area contributed by atoms with Crippen LogP contribution in [0.1, 0.15) is 39.2 Å². The van der Waals surface area contributed by atoms with Gasteiger partial charge < -0.3 is 24.3 Å². The van der Waals surface area contributed by atoms with Gasteiger partial charge in [0, 0.05) is 18.1 Å². The number of hydrogen-bond acceptors (Lipinski definition) is 5. The van der Waals surface area contributed by atoms with E-state index in [1.807, 2.05) is 18.2 Å². The van der Waals surface area contributed by atoms with Crippen LogP contribution in [-0.4, -0.2) is 36.7 Å². The highest BCUT2D eigenvalue weighted by atomic mass is 16.7. The van der Waals surface area contributed by atoms with Crippen LogP contribution in [0.2, 0.25) is 0 Å². The van der Waals surface area contributed by atoms with E-state index in [0.29, 0.717) is 11.2 Å². The predicted octanol–water partition coefficient (Wildman–Crippen LogP) is 3.41. The van der Waals surface area contributed by atoms with Gasteiger partial charge in [-0.1, -0.05) is 29.9 Å².